The molecule has 0 atom stereocenters. The van der Waals surface area contributed by atoms with Gasteiger partial charge in [-0.2, -0.15) is 26.3 Å². The van der Waals surface area contributed by atoms with Crippen LogP contribution in [0.1, 0.15) is 93.4 Å². The van der Waals surface area contributed by atoms with Crippen molar-refractivity contribution < 1.29 is 50.6 Å². The van der Waals surface area contributed by atoms with E-state index in [1.54, 1.807) is 0 Å². The Morgan fingerprint density at radius 2 is 0.980 bits per heavy atom. The number of nitrogens with zero attached hydrogens (tertiary/aromatic N) is 4. The molecule has 50 heavy (non-hydrogen) atoms. The van der Waals surface area contributed by atoms with Gasteiger partial charge in [0.2, 0.25) is 0 Å². The average Bonchev–Trinajstić information content (AvgIpc) is 3.46. The van der Waals surface area contributed by atoms with E-state index in [4.69, 9.17) is 5.11 Å². The molecule has 268 valence electrons. The van der Waals surface area contributed by atoms with Crippen molar-refractivity contribution >= 4 is 35.0 Å². The number of Topliss-reactive ketones (excluding diaryl/α,β-unsaturated/α-hetero) is 1. The highest BCUT2D eigenvalue weighted by Crippen LogP contribution is 2.41. The van der Waals surface area contributed by atoms with E-state index in [1.165, 1.54) is 41.0 Å². The van der Waals surface area contributed by atoms with Crippen LogP contribution in [0.15, 0.2) is 58.5 Å². The summed E-state index contributed by atoms with van der Waals surface area (Å²) in [7, 11) is 0. The molecule has 2 amide bonds. The second-order valence-electron chi connectivity index (χ2n) is 13.0. The monoisotopic (exact) mass is 706 g/mol. The lowest BCUT2D eigenvalue weighted by molar-refractivity contribution is -0.145. The third-order valence-electron chi connectivity index (χ3n) is 9.49. The number of ketones is 1. The summed E-state index contributed by atoms with van der Waals surface area (Å²) in [6.07, 6.45) is -0.891. The zero-order valence-electron chi connectivity index (χ0n) is 27.2. The summed E-state index contributed by atoms with van der Waals surface area (Å²) >= 11 is 0. The Labute approximate surface area is 284 Å². The SMILES string of the molecule is CC(=O)CN1C(=O)C(c2ccc(C(F)(F)F)cc2)=NC12CCCCC2.O=C(O)CN1C(=O)C(c2ccc(C(F)(F)F)cc2)=NC12CCCCC2. The molecular formula is C35H36F6N4O5. The van der Waals surface area contributed by atoms with Crippen molar-refractivity contribution in [2.45, 2.75) is 94.8 Å². The lowest BCUT2D eigenvalue weighted by Gasteiger charge is -2.38. The zero-order chi connectivity index (χ0) is 36.5. The Kier molecular flexibility index (Phi) is 10.3. The van der Waals surface area contributed by atoms with Gasteiger partial charge in [-0.05, 0) is 82.6 Å². The van der Waals surface area contributed by atoms with Gasteiger partial charge >= 0.3 is 18.3 Å². The normalized spacial score (nSPS) is 20.1. The van der Waals surface area contributed by atoms with Crippen LogP contribution in [0, 0.1) is 0 Å². The number of carboxylic acid groups (broad SMARTS) is 1. The molecule has 0 unspecified atom stereocenters. The van der Waals surface area contributed by atoms with E-state index in [2.05, 4.69) is 9.98 Å². The van der Waals surface area contributed by atoms with Gasteiger partial charge in [-0.1, -0.05) is 37.1 Å². The molecule has 6 rings (SSSR count). The molecule has 2 aromatic carbocycles. The highest BCUT2D eigenvalue weighted by Gasteiger charge is 2.49. The summed E-state index contributed by atoms with van der Waals surface area (Å²) in [6.45, 7) is 0.929. The van der Waals surface area contributed by atoms with Gasteiger partial charge in [-0.25, -0.2) is 0 Å². The van der Waals surface area contributed by atoms with Crippen molar-refractivity contribution in [3.63, 3.8) is 0 Å². The van der Waals surface area contributed by atoms with Gasteiger partial charge in [0, 0.05) is 11.1 Å². The number of halogens is 6. The molecule has 2 aliphatic carbocycles. The van der Waals surface area contributed by atoms with Crippen LogP contribution in [0.4, 0.5) is 26.3 Å². The number of alkyl halides is 6. The van der Waals surface area contributed by atoms with Gasteiger partial charge < -0.3 is 14.9 Å². The zero-order valence-corrected chi connectivity index (χ0v) is 27.2. The number of carboxylic acids is 1. The minimum absolute atomic E-state index is 0.0214. The first-order valence-corrected chi connectivity index (χ1v) is 16.4. The smallest absolute Gasteiger partial charge is 0.416 e. The number of rotatable bonds is 6. The third-order valence-corrected chi connectivity index (χ3v) is 9.49. The summed E-state index contributed by atoms with van der Waals surface area (Å²) in [5, 5.41) is 9.12. The maximum Gasteiger partial charge on any atom is 0.416 e. The molecule has 0 aromatic heterocycles. The van der Waals surface area contributed by atoms with Crippen LogP contribution in [0.2, 0.25) is 0 Å². The number of carbonyl (C=O) groups is 4. The minimum Gasteiger partial charge on any atom is -0.480 e. The molecule has 0 radical (unpaired) electrons. The van der Waals surface area contributed by atoms with Gasteiger partial charge in [0.15, 0.2) is 0 Å². The molecule has 2 fully saturated rings. The predicted octanol–water partition coefficient (Wildman–Crippen LogP) is 6.67. The first-order valence-electron chi connectivity index (χ1n) is 16.4. The molecule has 9 nitrogen and oxygen atoms in total. The molecule has 4 aliphatic rings. The van der Waals surface area contributed by atoms with Crippen molar-refractivity contribution in [1.82, 2.24) is 9.80 Å². The molecule has 0 bridgehead atoms. The maximum absolute atomic E-state index is 12.8. The average molecular weight is 707 g/mol. The number of aliphatic imine (C=N–C) groups is 2. The summed E-state index contributed by atoms with van der Waals surface area (Å²) in [5.74, 6) is -2.19. The van der Waals surface area contributed by atoms with E-state index in [0.29, 0.717) is 31.2 Å². The first kappa shape index (κ1) is 36.7. The number of hydrogen-bond donors (Lipinski definition) is 1. The van der Waals surface area contributed by atoms with Gasteiger partial charge in [0.1, 0.15) is 35.1 Å². The van der Waals surface area contributed by atoms with Crippen LogP contribution < -0.4 is 0 Å². The Morgan fingerprint density at radius 3 is 1.28 bits per heavy atom. The fraction of sp³-hybridized carbons (Fsp3) is 0.486. The van der Waals surface area contributed by atoms with Gasteiger partial charge in [-0.15, -0.1) is 0 Å². The highest BCUT2D eigenvalue weighted by atomic mass is 19.4. The van der Waals surface area contributed by atoms with E-state index in [-0.39, 0.29) is 35.2 Å². The third kappa shape index (κ3) is 7.60. The molecule has 1 N–H and O–H groups in total. The quantitative estimate of drug-likeness (QED) is 0.337. The van der Waals surface area contributed by atoms with Crippen LogP contribution in [0.5, 0.6) is 0 Å². The standard InChI is InChI=1S/C18H19F3N2O2.C17H17F3N2O3/c1-12(24)11-23-16(25)15(22-17(23)9-3-2-4-10-17)13-5-7-14(8-6-13)18(19,20)21;18-17(19,20)12-6-4-11(5-7-12)14-15(25)22(10-13(23)24)16(21-14)8-2-1-3-9-16/h5-8H,2-4,9-11H2,1H3;4-7H,1-3,8-10H2,(H,23,24). The molecular weight excluding hydrogens is 670 g/mol. The second kappa shape index (κ2) is 14.0. The lowest BCUT2D eigenvalue weighted by atomic mass is 9.88. The van der Waals surface area contributed by atoms with Crippen LogP contribution in [0.25, 0.3) is 0 Å². The largest absolute Gasteiger partial charge is 0.480 e. The number of hydrogen-bond acceptors (Lipinski definition) is 6. The van der Waals surface area contributed by atoms with Crippen molar-refractivity contribution in [1.29, 1.82) is 0 Å². The van der Waals surface area contributed by atoms with E-state index < -0.39 is 53.2 Å². The fourth-order valence-corrected chi connectivity index (χ4v) is 7.07. The molecule has 15 heteroatoms. The molecule has 2 aromatic rings. The Hall–Kier alpha value is -4.56. The summed E-state index contributed by atoms with van der Waals surface area (Å²) in [5.41, 5.74) is -2.36. The van der Waals surface area contributed by atoms with Gasteiger partial charge in [-0.3, -0.25) is 29.2 Å². The maximum atomic E-state index is 12.8. The van der Waals surface area contributed by atoms with E-state index in [1.807, 2.05) is 0 Å². The first-order chi connectivity index (χ1) is 23.5. The predicted molar refractivity (Wildman–Crippen MR) is 169 cm³/mol. The number of carbonyl (C=O) groups excluding carboxylic acids is 3. The summed E-state index contributed by atoms with van der Waals surface area (Å²) in [4.78, 5) is 60.2. The van der Waals surface area contributed by atoms with Crippen molar-refractivity contribution in [2.75, 3.05) is 13.1 Å². The fourth-order valence-electron chi connectivity index (χ4n) is 7.07. The van der Waals surface area contributed by atoms with Crippen molar-refractivity contribution in [2.24, 2.45) is 9.98 Å². The lowest BCUT2D eigenvalue weighted by Crippen LogP contribution is -2.50. The molecule has 2 heterocycles. The highest BCUT2D eigenvalue weighted by molar-refractivity contribution is 6.47. The van der Waals surface area contributed by atoms with E-state index in [9.17, 15) is 45.5 Å². The van der Waals surface area contributed by atoms with Crippen LogP contribution in [0.3, 0.4) is 0 Å². The second-order valence-corrected chi connectivity index (χ2v) is 13.0. The Balaban J connectivity index is 0.000000194. The van der Waals surface area contributed by atoms with E-state index >= 15 is 0 Å². The van der Waals surface area contributed by atoms with Gasteiger partial charge in [0.25, 0.3) is 11.8 Å². The van der Waals surface area contributed by atoms with Crippen molar-refractivity contribution in [3.8, 4) is 0 Å². The molecule has 2 saturated carbocycles. The minimum atomic E-state index is -4.46. The Bertz CT molecular complexity index is 1560. The van der Waals surface area contributed by atoms with Crippen LogP contribution >= 0.6 is 0 Å². The van der Waals surface area contributed by atoms with Crippen LogP contribution in [-0.2, 0) is 31.5 Å². The summed E-state index contributed by atoms with van der Waals surface area (Å²) < 4.78 is 76.2. The molecule has 2 aliphatic heterocycles. The summed E-state index contributed by atoms with van der Waals surface area (Å²) in [6, 6.07) is 8.66. The topological polar surface area (TPSA) is 120 Å². The van der Waals surface area contributed by atoms with Crippen molar-refractivity contribution in [3.05, 3.63) is 70.8 Å². The molecule has 0 saturated heterocycles. The number of benzene rings is 2. The van der Waals surface area contributed by atoms with Crippen LogP contribution in [-0.4, -0.2) is 74.3 Å². The number of aliphatic carboxylic acids is 1. The number of amides is 2. The van der Waals surface area contributed by atoms with Gasteiger partial charge in [0.05, 0.1) is 17.7 Å². The Morgan fingerprint density at radius 1 is 0.640 bits per heavy atom. The molecule has 2 spiro atoms. The van der Waals surface area contributed by atoms with E-state index in [0.717, 1.165) is 62.8 Å².